The van der Waals surface area contributed by atoms with Gasteiger partial charge in [-0.25, -0.2) is 0 Å². The van der Waals surface area contributed by atoms with E-state index in [2.05, 4.69) is 15.8 Å². The molecule has 1 saturated carbocycles. The lowest BCUT2D eigenvalue weighted by molar-refractivity contribution is 0.394. The molecule has 0 spiro atoms. The van der Waals surface area contributed by atoms with Crippen LogP contribution in [0.2, 0.25) is 0 Å². The van der Waals surface area contributed by atoms with Crippen LogP contribution in [0.15, 0.2) is 23.3 Å². The highest BCUT2D eigenvalue weighted by molar-refractivity contribution is 7.80. The molecule has 2 N–H and O–H groups in total. The normalized spacial score (nSPS) is 15.5. The first-order chi connectivity index (χ1) is 10.7. The highest BCUT2D eigenvalue weighted by Crippen LogP contribution is 2.21. The highest BCUT2D eigenvalue weighted by atomic mass is 32.1. The van der Waals surface area contributed by atoms with Crippen LogP contribution in [0.3, 0.4) is 0 Å². The molecule has 1 aromatic carbocycles. The fraction of sp³-hybridized carbons (Fsp3) is 0.500. The Hall–Kier alpha value is -1.82. The van der Waals surface area contributed by atoms with Gasteiger partial charge >= 0.3 is 0 Å². The molecule has 0 radical (unpaired) electrons. The minimum atomic E-state index is 0.473. The Labute approximate surface area is 137 Å². The predicted molar refractivity (Wildman–Crippen MR) is 92.9 cm³/mol. The van der Waals surface area contributed by atoms with Gasteiger partial charge < -0.3 is 14.8 Å². The third-order valence-corrected chi connectivity index (χ3v) is 3.90. The largest absolute Gasteiger partial charge is 0.497 e. The lowest BCUT2D eigenvalue weighted by Crippen LogP contribution is -2.40. The van der Waals surface area contributed by atoms with Crippen molar-refractivity contribution in [3.63, 3.8) is 0 Å². The van der Waals surface area contributed by atoms with E-state index in [1.54, 1.807) is 20.4 Å². The molecule has 0 unspecified atom stereocenters. The van der Waals surface area contributed by atoms with Gasteiger partial charge in [0.1, 0.15) is 11.5 Å². The van der Waals surface area contributed by atoms with Crippen LogP contribution in [-0.4, -0.2) is 31.6 Å². The summed E-state index contributed by atoms with van der Waals surface area (Å²) in [5, 5.41) is 8.04. The molecule has 1 aromatic rings. The maximum absolute atomic E-state index is 5.26. The van der Waals surface area contributed by atoms with Crippen molar-refractivity contribution in [3.05, 3.63) is 23.8 Å². The molecule has 0 bridgehead atoms. The molecule has 0 aliphatic heterocycles. The van der Waals surface area contributed by atoms with E-state index in [1.807, 2.05) is 18.2 Å². The second-order valence-electron chi connectivity index (χ2n) is 5.32. The topological polar surface area (TPSA) is 54.9 Å². The van der Waals surface area contributed by atoms with Crippen molar-refractivity contribution in [1.82, 2.24) is 10.7 Å². The SMILES string of the molecule is COc1cc(/C=N\NC(=S)NC2CCCCC2)cc(OC)c1. The zero-order chi connectivity index (χ0) is 15.8. The molecule has 2 rings (SSSR count). The van der Waals surface area contributed by atoms with Crippen LogP contribution >= 0.6 is 12.2 Å². The van der Waals surface area contributed by atoms with E-state index in [4.69, 9.17) is 21.7 Å². The lowest BCUT2D eigenvalue weighted by Gasteiger charge is -2.23. The van der Waals surface area contributed by atoms with Crippen molar-refractivity contribution in [2.75, 3.05) is 14.2 Å². The van der Waals surface area contributed by atoms with Crippen LogP contribution in [0.4, 0.5) is 0 Å². The van der Waals surface area contributed by atoms with E-state index in [9.17, 15) is 0 Å². The van der Waals surface area contributed by atoms with Gasteiger partial charge in [0.05, 0.1) is 20.4 Å². The summed E-state index contributed by atoms with van der Waals surface area (Å²) < 4.78 is 10.5. The first-order valence-corrected chi connectivity index (χ1v) is 7.94. The van der Waals surface area contributed by atoms with Crippen LogP contribution in [0.1, 0.15) is 37.7 Å². The number of methoxy groups -OCH3 is 2. The summed E-state index contributed by atoms with van der Waals surface area (Å²) in [5.41, 5.74) is 3.74. The molecular formula is C16H23N3O2S. The molecule has 22 heavy (non-hydrogen) atoms. The standard InChI is InChI=1S/C16H23N3O2S/c1-20-14-8-12(9-15(10-14)21-2)11-17-19-16(22)18-13-6-4-3-5-7-13/h8-11,13H,3-7H2,1-2H3,(H2,18,19,22)/b17-11-. The molecule has 5 nitrogen and oxygen atoms in total. The van der Waals surface area contributed by atoms with Crippen molar-refractivity contribution in [2.45, 2.75) is 38.1 Å². The summed E-state index contributed by atoms with van der Waals surface area (Å²) in [6, 6.07) is 6.05. The van der Waals surface area contributed by atoms with Crippen molar-refractivity contribution in [1.29, 1.82) is 0 Å². The minimum Gasteiger partial charge on any atom is -0.497 e. The maximum atomic E-state index is 5.26. The van der Waals surface area contributed by atoms with E-state index < -0.39 is 0 Å². The number of nitrogens with one attached hydrogen (secondary N) is 2. The molecule has 1 aliphatic carbocycles. The summed E-state index contributed by atoms with van der Waals surface area (Å²) in [6.07, 6.45) is 7.92. The van der Waals surface area contributed by atoms with Crippen molar-refractivity contribution < 1.29 is 9.47 Å². The molecule has 6 heteroatoms. The first kappa shape index (κ1) is 16.5. The van der Waals surface area contributed by atoms with Gasteiger partial charge in [-0.15, -0.1) is 0 Å². The lowest BCUT2D eigenvalue weighted by atomic mass is 9.96. The average Bonchev–Trinajstić information content (AvgIpc) is 2.55. The van der Waals surface area contributed by atoms with Crippen LogP contribution in [0, 0.1) is 0 Å². The fourth-order valence-corrected chi connectivity index (χ4v) is 2.75. The van der Waals surface area contributed by atoms with Gasteiger partial charge in [-0.05, 0) is 37.2 Å². The predicted octanol–water partition coefficient (Wildman–Crippen LogP) is 2.83. The number of hydrazone groups is 1. The molecule has 1 aliphatic rings. The van der Waals surface area contributed by atoms with Crippen LogP contribution in [0.25, 0.3) is 0 Å². The second-order valence-corrected chi connectivity index (χ2v) is 5.73. The van der Waals surface area contributed by atoms with Gasteiger partial charge in [0.25, 0.3) is 0 Å². The number of hydrogen-bond donors (Lipinski definition) is 2. The summed E-state index contributed by atoms with van der Waals surface area (Å²) in [5.74, 6) is 1.45. The third kappa shape index (κ3) is 5.18. The highest BCUT2D eigenvalue weighted by Gasteiger charge is 2.13. The molecule has 0 atom stereocenters. The van der Waals surface area contributed by atoms with Gasteiger partial charge in [-0.2, -0.15) is 5.10 Å². The Kier molecular flexibility index (Phi) is 6.45. The first-order valence-electron chi connectivity index (χ1n) is 7.54. The molecule has 0 heterocycles. The Morgan fingerprint density at radius 2 is 1.77 bits per heavy atom. The summed E-state index contributed by atoms with van der Waals surface area (Å²) in [4.78, 5) is 0. The Balaban J connectivity index is 1.87. The van der Waals surface area contributed by atoms with E-state index in [-0.39, 0.29) is 0 Å². The van der Waals surface area contributed by atoms with Crippen molar-refractivity contribution in [3.8, 4) is 11.5 Å². The Morgan fingerprint density at radius 3 is 2.36 bits per heavy atom. The number of ether oxygens (including phenoxy) is 2. The summed E-state index contributed by atoms with van der Waals surface area (Å²) in [6.45, 7) is 0. The number of benzene rings is 1. The molecule has 0 aromatic heterocycles. The van der Waals surface area contributed by atoms with Crippen LogP contribution < -0.4 is 20.2 Å². The van der Waals surface area contributed by atoms with Crippen LogP contribution in [-0.2, 0) is 0 Å². The summed E-state index contributed by atoms with van der Waals surface area (Å²) in [7, 11) is 3.24. The fourth-order valence-electron chi connectivity index (χ4n) is 2.53. The van der Waals surface area contributed by atoms with Crippen molar-refractivity contribution in [2.24, 2.45) is 5.10 Å². The van der Waals surface area contributed by atoms with E-state index >= 15 is 0 Å². The molecule has 0 saturated heterocycles. The molecular weight excluding hydrogens is 298 g/mol. The summed E-state index contributed by atoms with van der Waals surface area (Å²) >= 11 is 5.26. The second kappa shape index (κ2) is 8.58. The van der Waals surface area contributed by atoms with Crippen LogP contribution in [0.5, 0.6) is 11.5 Å². The zero-order valence-electron chi connectivity index (χ0n) is 13.1. The number of nitrogens with zero attached hydrogens (tertiary/aromatic N) is 1. The zero-order valence-corrected chi connectivity index (χ0v) is 13.9. The van der Waals surface area contributed by atoms with Gasteiger partial charge in [-0.3, -0.25) is 5.43 Å². The number of thiocarbonyl (C=S) groups is 1. The van der Waals surface area contributed by atoms with Crippen molar-refractivity contribution >= 4 is 23.5 Å². The third-order valence-electron chi connectivity index (χ3n) is 3.69. The molecule has 120 valence electrons. The van der Waals surface area contributed by atoms with E-state index in [0.717, 1.165) is 17.1 Å². The quantitative estimate of drug-likeness (QED) is 0.496. The van der Waals surface area contributed by atoms with Gasteiger partial charge in [-0.1, -0.05) is 19.3 Å². The maximum Gasteiger partial charge on any atom is 0.187 e. The minimum absolute atomic E-state index is 0.473. The van der Waals surface area contributed by atoms with Gasteiger partial charge in [0.15, 0.2) is 5.11 Å². The monoisotopic (exact) mass is 321 g/mol. The molecule has 1 fully saturated rings. The molecule has 0 amide bonds. The Bertz CT molecular complexity index is 506. The Morgan fingerprint density at radius 1 is 1.14 bits per heavy atom. The van der Waals surface area contributed by atoms with Gasteiger partial charge in [0.2, 0.25) is 0 Å². The number of rotatable bonds is 5. The van der Waals surface area contributed by atoms with Gasteiger partial charge in [0, 0.05) is 17.7 Å². The smallest absolute Gasteiger partial charge is 0.187 e. The van der Waals surface area contributed by atoms with E-state index in [1.165, 1.54) is 32.1 Å². The number of hydrogen-bond acceptors (Lipinski definition) is 4. The average molecular weight is 321 g/mol. The van der Waals surface area contributed by atoms with E-state index in [0.29, 0.717) is 11.2 Å².